The van der Waals surface area contributed by atoms with Crippen molar-refractivity contribution < 1.29 is 4.74 Å². The van der Waals surface area contributed by atoms with E-state index in [4.69, 9.17) is 16.3 Å². The highest BCUT2D eigenvalue weighted by Crippen LogP contribution is 2.23. The van der Waals surface area contributed by atoms with Crippen LogP contribution in [-0.4, -0.2) is 35.2 Å². The second-order valence-electron chi connectivity index (χ2n) is 4.11. The van der Waals surface area contributed by atoms with Crippen LogP contribution in [0.5, 0.6) is 6.01 Å². The summed E-state index contributed by atoms with van der Waals surface area (Å²) in [4.78, 5) is 13.9. The average Bonchev–Trinajstić information content (AvgIpc) is 2.69. The first-order valence-corrected chi connectivity index (χ1v) is 5.78. The molecule has 1 aromatic rings. The van der Waals surface area contributed by atoms with Gasteiger partial charge in [-0.15, -0.1) is 0 Å². The highest BCUT2D eigenvalue weighted by molar-refractivity contribution is 6.28. The van der Waals surface area contributed by atoms with Gasteiger partial charge in [0.25, 0.3) is 0 Å². The van der Waals surface area contributed by atoms with E-state index >= 15 is 0 Å². The highest BCUT2D eigenvalue weighted by atomic mass is 35.5. The van der Waals surface area contributed by atoms with Crippen molar-refractivity contribution in [2.75, 3.05) is 19.0 Å². The molecule has 0 aromatic carbocycles. The number of ether oxygens (including phenoxy) is 1. The first-order chi connectivity index (χ1) is 7.65. The molecule has 88 valence electrons. The summed E-state index contributed by atoms with van der Waals surface area (Å²) in [5, 5.41) is 0.173. The number of nitrogens with zero attached hydrogens (tertiary/aromatic N) is 4. The van der Waals surface area contributed by atoms with E-state index in [-0.39, 0.29) is 11.4 Å². The Balaban J connectivity index is 2.13. The molecule has 6 heteroatoms. The maximum atomic E-state index is 5.81. The van der Waals surface area contributed by atoms with E-state index in [0.29, 0.717) is 12.0 Å². The molecular formula is C10H15ClN4O. The van der Waals surface area contributed by atoms with Crippen molar-refractivity contribution in [3.63, 3.8) is 0 Å². The van der Waals surface area contributed by atoms with Crippen LogP contribution < -0.4 is 9.64 Å². The van der Waals surface area contributed by atoms with Gasteiger partial charge in [-0.1, -0.05) is 0 Å². The summed E-state index contributed by atoms with van der Waals surface area (Å²) in [6, 6.07) is 0.329. The van der Waals surface area contributed by atoms with Gasteiger partial charge in [0, 0.05) is 14.1 Å². The minimum absolute atomic E-state index is 0.173. The summed E-state index contributed by atoms with van der Waals surface area (Å²) in [6.45, 7) is 0. The molecule has 1 aliphatic rings. The summed E-state index contributed by atoms with van der Waals surface area (Å²) in [5.41, 5.74) is 0. The van der Waals surface area contributed by atoms with Crippen LogP contribution in [0.1, 0.15) is 25.7 Å². The van der Waals surface area contributed by atoms with Crippen molar-refractivity contribution in [3.8, 4) is 6.01 Å². The fourth-order valence-corrected chi connectivity index (χ4v) is 1.88. The van der Waals surface area contributed by atoms with E-state index in [9.17, 15) is 0 Å². The Bertz CT molecular complexity index is 366. The molecule has 0 saturated heterocycles. The van der Waals surface area contributed by atoms with E-state index in [1.165, 1.54) is 12.8 Å². The monoisotopic (exact) mass is 242 g/mol. The Hall–Kier alpha value is -1.10. The largest absolute Gasteiger partial charge is 0.460 e. The molecule has 16 heavy (non-hydrogen) atoms. The SMILES string of the molecule is CN(C)c1nc(Cl)nc(OC2CCCC2)n1. The molecule has 0 N–H and O–H groups in total. The summed E-state index contributed by atoms with van der Waals surface area (Å²) >= 11 is 5.81. The zero-order valence-electron chi connectivity index (χ0n) is 9.48. The van der Waals surface area contributed by atoms with Crippen molar-refractivity contribution in [1.29, 1.82) is 0 Å². The molecule has 0 radical (unpaired) electrons. The van der Waals surface area contributed by atoms with Crippen molar-refractivity contribution in [1.82, 2.24) is 15.0 Å². The van der Waals surface area contributed by atoms with E-state index in [1.807, 2.05) is 14.1 Å². The van der Waals surface area contributed by atoms with E-state index < -0.39 is 0 Å². The Morgan fingerprint density at radius 3 is 2.50 bits per heavy atom. The number of halogens is 1. The van der Waals surface area contributed by atoms with Crippen LogP contribution >= 0.6 is 11.6 Å². The molecule has 5 nitrogen and oxygen atoms in total. The number of hydrogen-bond acceptors (Lipinski definition) is 5. The lowest BCUT2D eigenvalue weighted by Crippen LogP contribution is -2.17. The Labute approximate surface area is 99.8 Å². The molecule has 0 bridgehead atoms. The van der Waals surface area contributed by atoms with Gasteiger partial charge in [0.05, 0.1) is 0 Å². The lowest BCUT2D eigenvalue weighted by atomic mass is 10.3. The van der Waals surface area contributed by atoms with E-state index in [0.717, 1.165) is 12.8 Å². The van der Waals surface area contributed by atoms with E-state index in [1.54, 1.807) is 4.90 Å². The normalized spacial score (nSPS) is 16.4. The third-order valence-electron chi connectivity index (χ3n) is 2.55. The number of anilines is 1. The van der Waals surface area contributed by atoms with Gasteiger partial charge in [0.2, 0.25) is 11.2 Å². The molecule has 2 rings (SSSR count). The molecule has 0 aliphatic heterocycles. The Kier molecular flexibility index (Phi) is 3.43. The van der Waals surface area contributed by atoms with Gasteiger partial charge in [-0.3, -0.25) is 0 Å². The topological polar surface area (TPSA) is 51.1 Å². The Morgan fingerprint density at radius 1 is 1.19 bits per heavy atom. The summed E-state index contributed by atoms with van der Waals surface area (Å²) in [6.07, 6.45) is 4.79. The van der Waals surface area contributed by atoms with Gasteiger partial charge in [0.15, 0.2) is 0 Å². The number of hydrogen-bond donors (Lipinski definition) is 0. The van der Waals surface area contributed by atoms with Crippen LogP contribution in [0.3, 0.4) is 0 Å². The molecule has 0 amide bonds. The number of rotatable bonds is 3. The Morgan fingerprint density at radius 2 is 1.88 bits per heavy atom. The van der Waals surface area contributed by atoms with Gasteiger partial charge >= 0.3 is 6.01 Å². The third kappa shape index (κ3) is 2.72. The van der Waals surface area contributed by atoms with Crippen LogP contribution in [0.15, 0.2) is 0 Å². The highest BCUT2D eigenvalue weighted by Gasteiger charge is 2.18. The summed E-state index contributed by atoms with van der Waals surface area (Å²) < 4.78 is 5.67. The maximum absolute atomic E-state index is 5.81. The molecule has 1 aromatic heterocycles. The zero-order valence-corrected chi connectivity index (χ0v) is 10.2. The molecule has 0 unspecified atom stereocenters. The smallest absolute Gasteiger partial charge is 0.322 e. The van der Waals surface area contributed by atoms with Gasteiger partial charge in [0.1, 0.15) is 6.10 Å². The van der Waals surface area contributed by atoms with Crippen molar-refractivity contribution in [2.24, 2.45) is 0 Å². The van der Waals surface area contributed by atoms with Gasteiger partial charge in [-0.05, 0) is 37.3 Å². The zero-order chi connectivity index (χ0) is 11.5. The van der Waals surface area contributed by atoms with Crippen molar-refractivity contribution in [3.05, 3.63) is 5.28 Å². The second kappa shape index (κ2) is 4.82. The second-order valence-corrected chi connectivity index (χ2v) is 4.44. The minimum atomic E-state index is 0.173. The summed E-state index contributed by atoms with van der Waals surface area (Å²) in [5.74, 6) is 0.521. The van der Waals surface area contributed by atoms with Gasteiger partial charge < -0.3 is 9.64 Å². The summed E-state index contributed by atoms with van der Waals surface area (Å²) in [7, 11) is 3.70. The maximum Gasteiger partial charge on any atom is 0.322 e. The van der Waals surface area contributed by atoms with Gasteiger partial charge in [-0.25, -0.2) is 0 Å². The fourth-order valence-electron chi connectivity index (χ4n) is 1.73. The first-order valence-electron chi connectivity index (χ1n) is 5.40. The molecule has 1 saturated carbocycles. The van der Waals surface area contributed by atoms with Crippen LogP contribution in [-0.2, 0) is 0 Å². The lowest BCUT2D eigenvalue weighted by Gasteiger charge is -2.14. The molecule has 0 atom stereocenters. The van der Waals surface area contributed by atoms with E-state index in [2.05, 4.69) is 15.0 Å². The van der Waals surface area contributed by atoms with Crippen molar-refractivity contribution in [2.45, 2.75) is 31.8 Å². The predicted molar refractivity (Wildman–Crippen MR) is 62.0 cm³/mol. The molecule has 1 fully saturated rings. The standard InChI is InChI=1S/C10H15ClN4O/c1-15(2)9-12-8(11)13-10(14-9)16-7-5-3-4-6-7/h7H,3-6H2,1-2H3. The fraction of sp³-hybridized carbons (Fsp3) is 0.700. The average molecular weight is 243 g/mol. The van der Waals surface area contributed by atoms with Crippen LogP contribution in [0.25, 0.3) is 0 Å². The number of aromatic nitrogens is 3. The van der Waals surface area contributed by atoms with Gasteiger partial charge in [-0.2, -0.15) is 15.0 Å². The quantitative estimate of drug-likeness (QED) is 0.811. The molecule has 1 heterocycles. The predicted octanol–water partition coefficient (Wildman–Crippen LogP) is 1.91. The van der Waals surface area contributed by atoms with Crippen LogP contribution in [0.2, 0.25) is 5.28 Å². The minimum Gasteiger partial charge on any atom is -0.460 e. The first kappa shape index (κ1) is 11.4. The molecule has 0 spiro atoms. The third-order valence-corrected chi connectivity index (χ3v) is 2.72. The molecule has 1 aliphatic carbocycles. The van der Waals surface area contributed by atoms with Crippen LogP contribution in [0, 0.1) is 0 Å². The van der Waals surface area contributed by atoms with Crippen molar-refractivity contribution >= 4 is 17.5 Å². The molecular weight excluding hydrogens is 228 g/mol. The van der Waals surface area contributed by atoms with Crippen LogP contribution in [0.4, 0.5) is 5.95 Å². The lowest BCUT2D eigenvalue weighted by molar-refractivity contribution is 0.192.